The molecule has 0 fully saturated rings. The van der Waals surface area contributed by atoms with Crippen molar-refractivity contribution in [3.8, 4) is 11.3 Å². The van der Waals surface area contributed by atoms with E-state index in [1.807, 2.05) is 24.4 Å². The largest absolute Gasteiger partial charge is 0.292 e. The Hall–Kier alpha value is -3.72. The number of aromatic nitrogens is 3. The summed E-state index contributed by atoms with van der Waals surface area (Å²) in [6.45, 7) is 0. The van der Waals surface area contributed by atoms with Gasteiger partial charge >= 0.3 is 0 Å². The molecule has 0 atom stereocenters. The Balaban J connectivity index is 1.79. The normalized spacial score (nSPS) is 11.7. The SMILES string of the molecule is c1ccc(-c2ccc3c(c2)nc2c4ccccc4c4ccccc4n32)nc1. The first-order valence-corrected chi connectivity index (χ1v) is 9.03. The fourth-order valence-electron chi connectivity index (χ4n) is 4.01. The molecule has 27 heavy (non-hydrogen) atoms. The Morgan fingerprint density at radius 1 is 0.630 bits per heavy atom. The Morgan fingerprint density at radius 3 is 2.26 bits per heavy atom. The smallest absolute Gasteiger partial charge is 0.146 e. The van der Waals surface area contributed by atoms with Gasteiger partial charge in [0.1, 0.15) is 5.65 Å². The maximum atomic E-state index is 5.01. The van der Waals surface area contributed by atoms with E-state index in [1.54, 1.807) is 0 Å². The summed E-state index contributed by atoms with van der Waals surface area (Å²) < 4.78 is 2.27. The standard InChI is InChI=1S/C24H15N3/c1-2-9-19-17(7-1)18-8-3-4-11-22(18)27-23-13-12-16(15-21(23)26-24(19)27)20-10-5-6-14-25-20/h1-15H. The summed E-state index contributed by atoms with van der Waals surface area (Å²) in [5.41, 5.74) is 6.33. The molecule has 3 aromatic heterocycles. The molecule has 0 saturated heterocycles. The first-order valence-electron chi connectivity index (χ1n) is 9.03. The molecular weight excluding hydrogens is 330 g/mol. The lowest BCUT2D eigenvalue weighted by Crippen LogP contribution is -1.91. The van der Waals surface area contributed by atoms with Crippen molar-refractivity contribution in [3.05, 3.63) is 91.1 Å². The third-order valence-corrected chi connectivity index (χ3v) is 5.22. The summed E-state index contributed by atoms with van der Waals surface area (Å²) in [4.78, 5) is 9.49. The second-order valence-corrected chi connectivity index (χ2v) is 6.75. The van der Waals surface area contributed by atoms with Crippen molar-refractivity contribution in [1.82, 2.24) is 14.4 Å². The second-order valence-electron chi connectivity index (χ2n) is 6.75. The van der Waals surface area contributed by atoms with Crippen LogP contribution in [0.5, 0.6) is 0 Å². The van der Waals surface area contributed by atoms with E-state index in [1.165, 1.54) is 21.7 Å². The molecule has 3 nitrogen and oxygen atoms in total. The van der Waals surface area contributed by atoms with Crippen LogP contribution in [0.4, 0.5) is 0 Å². The van der Waals surface area contributed by atoms with Crippen LogP contribution in [0.15, 0.2) is 91.1 Å². The van der Waals surface area contributed by atoms with Crippen LogP contribution in [-0.2, 0) is 0 Å². The fourth-order valence-corrected chi connectivity index (χ4v) is 4.01. The van der Waals surface area contributed by atoms with Gasteiger partial charge in [-0.3, -0.25) is 9.38 Å². The molecule has 0 N–H and O–H groups in total. The molecule has 126 valence electrons. The number of imidazole rings is 1. The first kappa shape index (κ1) is 14.4. The molecule has 0 aliphatic heterocycles. The number of para-hydroxylation sites is 1. The predicted molar refractivity (Wildman–Crippen MR) is 111 cm³/mol. The van der Waals surface area contributed by atoms with Crippen LogP contribution in [0.25, 0.3) is 49.6 Å². The van der Waals surface area contributed by atoms with Crippen LogP contribution in [0.1, 0.15) is 0 Å². The van der Waals surface area contributed by atoms with Gasteiger partial charge in [-0.15, -0.1) is 0 Å². The summed E-state index contributed by atoms with van der Waals surface area (Å²) in [6.07, 6.45) is 1.82. The van der Waals surface area contributed by atoms with Crippen LogP contribution in [0, 0.1) is 0 Å². The van der Waals surface area contributed by atoms with Gasteiger partial charge in [-0.25, -0.2) is 4.98 Å². The highest BCUT2D eigenvalue weighted by molar-refractivity contribution is 6.13. The van der Waals surface area contributed by atoms with Crippen molar-refractivity contribution < 1.29 is 0 Å². The molecule has 3 aromatic carbocycles. The first-order chi connectivity index (χ1) is 13.4. The lowest BCUT2D eigenvalue weighted by molar-refractivity contribution is 1.31. The zero-order chi connectivity index (χ0) is 17.8. The summed E-state index contributed by atoms with van der Waals surface area (Å²) in [5.74, 6) is 0. The zero-order valence-corrected chi connectivity index (χ0v) is 14.5. The third-order valence-electron chi connectivity index (χ3n) is 5.22. The van der Waals surface area contributed by atoms with Crippen LogP contribution in [0.2, 0.25) is 0 Å². The number of rotatable bonds is 1. The average molecular weight is 345 g/mol. The van der Waals surface area contributed by atoms with E-state index in [0.29, 0.717) is 0 Å². The van der Waals surface area contributed by atoms with Crippen molar-refractivity contribution in [1.29, 1.82) is 0 Å². The minimum atomic E-state index is 0.964. The second kappa shape index (κ2) is 5.39. The molecule has 0 aliphatic rings. The van der Waals surface area contributed by atoms with E-state index in [-0.39, 0.29) is 0 Å². The summed E-state index contributed by atoms with van der Waals surface area (Å²) in [7, 11) is 0. The number of hydrogen-bond donors (Lipinski definition) is 0. The lowest BCUT2D eigenvalue weighted by atomic mass is 10.1. The molecule has 3 heterocycles. The van der Waals surface area contributed by atoms with Gasteiger partial charge < -0.3 is 0 Å². The van der Waals surface area contributed by atoms with Crippen LogP contribution < -0.4 is 0 Å². The van der Waals surface area contributed by atoms with Crippen LogP contribution in [-0.4, -0.2) is 14.4 Å². The van der Waals surface area contributed by atoms with Crippen LogP contribution in [0.3, 0.4) is 0 Å². The Kier molecular flexibility index (Phi) is 2.88. The van der Waals surface area contributed by atoms with Gasteiger partial charge in [0.15, 0.2) is 0 Å². The molecule has 3 heteroatoms. The fraction of sp³-hybridized carbons (Fsp3) is 0. The molecule has 0 saturated carbocycles. The van der Waals surface area contributed by atoms with E-state index in [9.17, 15) is 0 Å². The van der Waals surface area contributed by atoms with E-state index < -0.39 is 0 Å². The average Bonchev–Trinajstić information content (AvgIpc) is 3.14. The van der Waals surface area contributed by atoms with E-state index in [4.69, 9.17) is 4.98 Å². The van der Waals surface area contributed by atoms with Gasteiger partial charge in [0.05, 0.1) is 22.2 Å². The summed E-state index contributed by atoms with van der Waals surface area (Å²) in [5, 5.41) is 3.65. The van der Waals surface area contributed by atoms with E-state index in [0.717, 1.165) is 27.9 Å². The minimum absolute atomic E-state index is 0.964. The Labute approximate surface area is 155 Å². The third kappa shape index (κ3) is 2.02. The minimum Gasteiger partial charge on any atom is -0.292 e. The zero-order valence-electron chi connectivity index (χ0n) is 14.5. The van der Waals surface area contributed by atoms with Crippen molar-refractivity contribution in [2.45, 2.75) is 0 Å². The number of pyridine rings is 2. The molecule has 0 radical (unpaired) electrons. The number of benzene rings is 3. The number of fused-ring (bicyclic) bond motifs is 8. The molecule has 0 unspecified atom stereocenters. The predicted octanol–water partition coefficient (Wildman–Crippen LogP) is 5.86. The molecule has 0 aliphatic carbocycles. The molecule has 6 rings (SSSR count). The number of nitrogens with zero attached hydrogens (tertiary/aromatic N) is 3. The van der Waals surface area contributed by atoms with Gasteiger partial charge in [-0.1, -0.05) is 54.6 Å². The van der Waals surface area contributed by atoms with Crippen molar-refractivity contribution in [2.24, 2.45) is 0 Å². The Morgan fingerprint density at radius 2 is 1.41 bits per heavy atom. The quantitative estimate of drug-likeness (QED) is 0.350. The number of hydrogen-bond acceptors (Lipinski definition) is 2. The van der Waals surface area contributed by atoms with Gasteiger partial charge in [-0.2, -0.15) is 0 Å². The molecular formula is C24H15N3. The van der Waals surface area contributed by atoms with Crippen LogP contribution >= 0.6 is 0 Å². The highest BCUT2D eigenvalue weighted by Crippen LogP contribution is 2.33. The van der Waals surface area contributed by atoms with Gasteiger partial charge in [-0.05, 0) is 35.7 Å². The molecule has 0 bridgehead atoms. The topological polar surface area (TPSA) is 30.2 Å². The van der Waals surface area contributed by atoms with Gasteiger partial charge in [0, 0.05) is 22.5 Å². The highest BCUT2D eigenvalue weighted by atomic mass is 15.0. The van der Waals surface area contributed by atoms with Crippen molar-refractivity contribution >= 4 is 38.4 Å². The molecule has 0 amide bonds. The molecule has 0 spiro atoms. The summed E-state index contributed by atoms with van der Waals surface area (Å²) in [6, 6.07) is 29.4. The summed E-state index contributed by atoms with van der Waals surface area (Å²) >= 11 is 0. The lowest BCUT2D eigenvalue weighted by Gasteiger charge is -2.08. The van der Waals surface area contributed by atoms with Gasteiger partial charge in [0.2, 0.25) is 0 Å². The molecule has 6 aromatic rings. The van der Waals surface area contributed by atoms with E-state index in [2.05, 4.69) is 76.1 Å². The highest BCUT2D eigenvalue weighted by Gasteiger charge is 2.13. The Bertz CT molecular complexity index is 1460. The maximum Gasteiger partial charge on any atom is 0.146 e. The maximum absolute atomic E-state index is 5.01. The van der Waals surface area contributed by atoms with E-state index >= 15 is 0 Å². The van der Waals surface area contributed by atoms with Crippen molar-refractivity contribution in [3.63, 3.8) is 0 Å². The monoisotopic (exact) mass is 345 g/mol. The van der Waals surface area contributed by atoms with Crippen molar-refractivity contribution in [2.75, 3.05) is 0 Å². The van der Waals surface area contributed by atoms with Gasteiger partial charge in [0.25, 0.3) is 0 Å².